The van der Waals surface area contributed by atoms with Gasteiger partial charge in [0.15, 0.2) is 0 Å². The molecule has 122 valence electrons. The third kappa shape index (κ3) is 4.57. The molecule has 2 aromatic rings. The van der Waals surface area contributed by atoms with Crippen molar-refractivity contribution in [2.24, 2.45) is 0 Å². The van der Waals surface area contributed by atoms with Gasteiger partial charge in [0.1, 0.15) is 13.2 Å². The standard InChI is InChI=1S/C15H18N4O4/c20-13(17-8-12-2-1-7-22-12)9-21-10-14-18-15(19-23-14)11-3-5-16-6-4-11/h3-6,12H,1-2,7-10H2,(H,17,20). The van der Waals surface area contributed by atoms with Gasteiger partial charge in [0, 0.05) is 31.1 Å². The largest absolute Gasteiger partial charge is 0.376 e. The molecule has 0 spiro atoms. The summed E-state index contributed by atoms with van der Waals surface area (Å²) in [4.78, 5) is 19.8. The Kier molecular flexibility index (Phi) is 5.28. The summed E-state index contributed by atoms with van der Waals surface area (Å²) < 4.78 is 15.8. The molecule has 1 fully saturated rings. The van der Waals surface area contributed by atoms with Crippen LogP contribution >= 0.6 is 0 Å². The zero-order valence-corrected chi connectivity index (χ0v) is 12.6. The number of ether oxygens (including phenoxy) is 2. The molecule has 1 aliphatic rings. The molecule has 3 rings (SSSR count). The lowest BCUT2D eigenvalue weighted by Gasteiger charge is -2.10. The van der Waals surface area contributed by atoms with Gasteiger partial charge in [-0.15, -0.1) is 0 Å². The molecular formula is C15H18N4O4. The van der Waals surface area contributed by atoms with Crippen LogP contribution < -0.4 is 5.32 Å². The lowest BCUT2D eigenvalue weighted by atomic mass is 10.2. The van der Waals surface area contributed by atoms with Crippen molar-refractivity contribution in [3.05, 3.63) is 30.4 Å². The summed E-state index contributed by atoms with van der Waals surface area (Å²) >= 11 is 0. The smallest absolute Gasteiger partial charge is 0.252 e. The molecule has 0 radical (unpaired) electrons. The highest BCUT2D eigenvalue weighted by Crippen LogP contribution is 2.14. The van der Waals surface area contributed by atoms with Gasteiger partial charge in [0.25, 0.3) is 5.89 Å². The van der Waals surface area contributed by atoms with E-state index in [0.717, 1.165) is 25.0 Å². The highest BCUT2D eigenvalue weighted by molar-refractivity contribution is 5.77. The van der Waals surface area contributed by atoms with Crippen LogP contribution in [-0.4, -0.2) is 46.9 Å². The molecule has 0 saturated carbocycles. The molecule has 0 bridgehead atoms. The van der Waals surface area contributed by atoms with E-state index in [1.54, 1.807) is 24.5 Å². The van der Waals surface area contributed by atoms with Crippen LogP contribution in [0, 0.1) is 0 Å². The first kappa shape index (κ1) is 15.6. The van der Waals surface area contributed by atoms with Crippen LogP contribution in [0.1, 0.15) is 18.7 Å². The number of aromatic nitrogens is 3. The van der Waals surface area contributed by atoms with Crippen molar-refractivity contribution < 1.29 is 18.8 Å². The summed E-state index contributed by atoms with van der Waals surface area (Å²) in [7, 11) is 0. The minimum absolute atomic E-state index is 0.0559. The Morgan fingerprint density at radius 1 is 1.39 bits per heavy atom. The maximum Gasteiger partial charge on any atom is 0.252 e. The third-order valence-corrected chi connectivity index (χ3v) is 3.42. The molecule has 0 aliphatic carbocycles. The van der Waals surface area contributed by atoms with E-state index in [4.69, 9.17) is 14.0 Å². The molecule has 1 atom stereocenters. The SMILES string of the molecule is O=C(COCc1nc(-c2ccncc2)no1)NCC1CCCO1. The van der Waals surface area contributed by atoms with Crippen molar-refractivity contribution in [2.45, 2.75) is 25.6 Å². The van der Waals surface area contributed by atoms with Gasteiger partial charge in [-0.05, 0) is 25.0 Å². The van der Waals surface area contributed by atoms with Gasteiger partial charge in [-0.25, -0.2) is 0 Å². The van der Waals surface area contributed by atoms with Crippen molar-refractivity contribution in [2.75, 3.05) is 19.8 Å². The summed E-state index contributed by atoms with van der Waals surface area (Å²) in [6.45, 7) is 1.33. The Hall–Kier alpha value is -2.32. The van der Waals surface area contributed by atoms with E-state index in [1.165, 1.54) is 0 Å². The van der Waals surface area contributed by atoms with E-state index < -0.39 is 0 Å². The van der Waals surface area contributed by atoms with Gasteiger partial charge in [0.05, 0.1) is 6.10 Å². The normalized spacial score (nSPS) is 17.3. The zero-order chi connectivity index (χ0) is 15.9. The lowest BCUT2D eigenvalue weighted by Crippen LogP contribution is -2.34. The Balaban J connectivity index is 1.39. The fourth-order valence-corrected chi connectivity index (χ4v) is 2.25. The quantitative estimate of drug-likeness (QED) is 0.811. The number of nitrogens with zero attached hydrogens (tertiary/aromatic N) is 3. The Bertz CT molecular complexity index is 625. The summed E-state index contributed by atoms with van der Waals surface area (Å²) in [6, 6.07) is 3.57. The van der Waals surface area contributed by atoms with Crippen LogP contribution in [-0.2, 0) is 20.9 Å². The first-order valence-corrected chi connectivity index (χ1v) is 7.50. The van der Waals surface area contributed by atoms with Crippen molar-refractivity contribution in [3.8, 4) is 11.4 Å². The number of hydrogen-bond acceptors (Lipinski definition) is 7. The predicted molar refractivity (Wildman–Crippen MR) is 79.2 cm³/mol. The van der Waals surface area contributed by atoms with Gasteiger partial charge in [-0.1, -0.05) is 5.16 Å². The molecule has 1 N–H and O–H groups in total. The molecule has 23 heavy (non-hydrogen) atoms. The average Bonchev–Trinajstić information content (AvgIpc) is 3.26. The van der Waals surface area contributed by atoms with Crippen LogP contribution in [0.15, 0.2) is 29.0 Å². The highest BCUT2D eigenvalue weighted by Gasteiger charge is 2.16. The third-order valence-electron chi connectivity index (χ3n) is 3.42. The number of rotatable bonds is 7. The molecule has 2 aromatic heterocycles. The molecule has 1 amide bonds. The predicted octanol–water partition coefficient (Wildman–Crippen LogP) is 0.943. The van der Waals surface area contributed by atoms with Gasteiger partial charge in [0.2, 0.25) is 11.7 Å². The zero-order valence-electron chi connectivity index (χ0n) is 12.6. The van der Waals surface area contributed by atoms with E-state index in [-0.39, 0.29) is 25.2 Å². The van der Waals surface area contributed by atoms with Crippen molar-refractivity contribution in [1.29, 1.82) is 0 Å². The second-order valence-corrected chi connectivity index (χ2v) is 5.18. The highest BCUT2D eigenvalue weighted by atomic mass is 16.5. The molecular weight excluding hydrogens is 300 g/mol. The number of hydrogen-bond donors (Lipinski definition) is 1. The fraction of sp³-hybridized carbons (Fsp3) is 0.467. The van der Waals surface area contributed by atoms with Crippen LogP contribution in [0.2, 0.25) is 0 Å². The number of pyridine rings is 1. The van der Waals surface area contributed by atoms with Gasteiger partial charge < -0.3 is 19.3 Å². The number of carbonyl (C=O) groups is 1. The minimum Gasteiger partial charge on any atom is -0.376 e. The van der Waals surface area contributed by atoms with Crippen molar-refractivity contribution >= 4 is 5.91 Å². The minimum atomic E-state index is -0.186. The molecule has 1 unspecified atom stereocenters. The van der Waals surface area contributed by atoms with Gasteiger partial charge >= 0.3 is 0 Å². The molecule has 3 heterocycles. The monoisotopic (exact) mass is 318 g/mol. The maximum atomic E-state index is 11.7. The van der Waals surface area contributed by atoms with Crippen LogP contribution in [0.3, 0.4) is 0 Å². The molecule has 8 heteroatoms. The summed E-state index contributed by atoms with van der Waals surface area (Å²) in [5, 5.41) is 6.64. The number of amides is 1. The summed E-state index contributed by atoms with van der Waals surface area (Å²) in [6.07, 6.45) is 5.47. The molecule has 1 saturated heterocycles. The maximum absolute atomic E-state index is 11.7. The summed E-state index contributed by atoms with van der Waals surface area (Å²) in [5.41, 5.74) is 0.810. The second kappa shape index (κ2) is 7.80. The molecule has 1 aliphatic heterocycles. The van der Waals surface area contributed by atoms with Crippen molar-refractivity contribution in [3.63, 3.8) is 0 Å². The number of nitrogens with one attached hydrogen (secondary N) is 1. The van der Waals surface area contributed by atoms with E-state index in [1.807, 2.05) is 0 Å². The second-order valence-electron chi connectivity index (χ2n) is 5.18. The van der Waals surface area contributed by atoms with Crippen LogP contribution in [0.25, 0.3) is 11.4 Å². The first-order chi connectivity index (χ1) is 11.3. The molecule has 0 aromatic carbocycles. The van der Waals surface area contributed by atoms with E-state index in [0.29, 0.717) is 18.3 Å². The van der Waals surface area contributed by atoms with E-state index in [9.17, 15) is 4.79 Å². The summed E-state index contributed by atoms with van der Waals surface area (Å²) in [5.74, 6) is 0.604. The lowest BCUT2D eigenvalue weighted by molar-refractivity contribution is -0.126. The van der Waals surface area contributed by atoms with E-state index >= 15 is 0 Å². The van der Waals surface area contributed by atoms with E-state index in [2.05, 4.69) is 20.4 Å². The average molecular weight is 318 g/mol. The Labute approximate surface area is 133 Å². The first-order valence-electron chi connectivity index (χ1n) is 7.50. The van der Waals surface area contributed by atoms with Gasteiger partial charge in [-0.3, -0.25) is 9.78 Å². The molecule has 8 nitrogen and oxygen atoms in total. The number of carbonyl (C=O) groups excluding carboxylic acids is 1. The Morgan fingerprint density at radius 2 is 2.26 bits per heavy atom. The fourth-order valence-electron chi connectivity index (χ4n) is 2.25. The van der Waals surface area contributed by atoms with Gasteiger partial charge in [-0.2, -0.15) is 4.98 Å². The topological polar surface area (TPSA) is 99.4 Å². The van der Waals surface area contributed by atoms with Crippen molar-refractivity contribution in [1.82, 2.24) is 20.4 Å². The Morgan fingerprint density at radius 3 is 3.04 bits per heavy atom. The van der Waals surface area contributed by atoms with Crippen LogP contribution in [0.4, 0.5) is 0 Å². The van der Waals surface area contributed by atoms with Crippen LogP contribution in [0.5, 0.6) is 0 Å².